The van der Waals surface area contributed by atoms with Gasteiger partial charge in [-0.15, -0.1) is 10.2 Å². The number of nitrogens with one attached hydrogen (secondary N) is 1. The summed E-state index contributed by atoms with van der Waals surface area (Å²) < 4.78 is 7.60. The summed E-state index contributed by atoms with van der Waals surface area (Å²) in [6.07, 6.45) is 1.71. The van der Waals surface area contributed by atoms with E-state index in [9.17, 15) is 0 Å². The topological polar surface area (TPSA) is 108 Å². The summed E-state index contributed by atoms with van der Waals surface area (Å²) in [5.74, 6) is 2.22. The van der Waals surface area contributed by atoms with Gasteiger partial charge in [-0.05, 0) is 43.2 Å². The van der Waals surface area contributed by atoms with Gasteiger partial charge in [-0.3, -0.25) is 0 Å². The summed E-state index contributed by atoms with van der Waals surface area (Å²) in [6, 6.07) is 5.83. The molecule has 0 atom stereocenters. The molecule has 0 aliphatic carbocycles. The highest BCUT2D eigenvalue weighted by Gasteiger charge is 2.20. The van der Waals surface area contributed by atoms with Crippen LogP contribution in [0, 0.1) is 6.92 Å². The molecule has 10 heteroatoms. The molecule has 0 aliphatic rings. The molecule has 0 unspecified atom stereocenters. The molecule has 156 valence electrons. The third-order valence-corrected chi connectivity index (χ3v) is 4.65. The normalized spacial score (nSPS) is 11.4. The number of nitrogens with zero attached hydrogens (tertiary/aromatic N) is 8. The lowest BCUT2D eigenvalue weighted by molar-refractivity contribution is 0.328. The minimum absolute atomic E-state index is 0.244. The van der Waals surface area contributed by atoms with Crippen molar-refractivity contribution >= 4 is 11.2 Å². The monoisotopic (exact) mass is 407 g/mol. The molecule has 0 spiro atoms. The Morgan fingerprint density at radius 2 is 2.07 bits per heavy atom. The van der Waals surface area contributed by atoms with Crippen molar-refractivity contribution in [1.29, 1.82) is 0 Å². The smallest absolute Gasteiger partial charge is 0.222 e. The van der Waals surface area contributed by atoms with E-state index in [1.807, 2.05) is 36.6 Å². The van der Waals surface area contributed by atoms with Gasteiger partial charge in [0.05, 0.1) is 42.8 Å². The van der Waals surface area contributed by atoms with Gasteiger partial charge < -0.3 is 10.1 Å². The predicted octanol–water partition coefficient (Wildman–Crippen LogP) is 2.76. The van der Waals surface area contributed by atoms with E-state index in [1.54, 1.807) is 13.2 Å². The SMILES string of the molecule is CCOc1ncccc1-c1cc(NCc2nnn(C)n2)c2c(C(C)C)nc(C)n2n1. The summed E-state index contributed by atoms with van der Waals surface area (Å²) in [5.41, 5.74) is 4.38. The molecular formula is C20H25N9O. The Morgan fingerprint density at radius 1 is 1.23 bits per heavy atom. The Balaban J connectivity index is 1.86. The number of imidazole rings is 1. The number of aromatic nitrogens is 8. The summed E-state index contributed by atoms with van der Waals surface area (Å²) in [7, 11) is 1.74. The fraction of sp³-hybridized carbons (Fsp3) is 0.400. The summed E-state index contributed by atoms with van der Waals surface area (Å²) >= 11 is 0. The molecule has 0 saturated carbocycles. The average Bonchev–Trinajstić information content (AvgIpc) is 3.30. The number of tetrazole rings is 1. The van der Waals surface area contributed by atoms with Crippen LogP contribution in [0.25, 0.3) is 16.8 Å². The fourth-order valence-electron chi connectivity index (χ4n) is 3.34. The molecule has 4 aromatic rings. The number of fused-ring (bicyclic) bond motifs is 1. The highest BCUT2D eigenvalue weighted by Crippen LogP contribution is 2.33. The van der Waals surface area contributed by atoms with Crippen LogP contribution < -0.4 is 10.1 Å². The van der Waals surface area contributed by atoms with Crippen molar-refractivity contribution < 1.29 is 4.74 Å². The van der Waals surface area contributed by atoms with E-state index < -0.39 is 0 Å². The quantitative estimate of drug-likeness (QED) is 0.498. The zero-order chi connectivity index (χ0) is 21.3. The Bertz CT molecular complexity index is 1180. The largest absolute Gasteiger partial charge is 0.477 e. The number of pyridine rings is 1. The van der Waals surface area contributed by atoms with E-state index in [0.717, 1.165) is 34.0 Å². The van der Waals surface area contributed by atoms with Gasteiger partial charge >= 0.3 is 0 Å². The molecule has 10 nitrogen and oxygen atoms in total. The molecule has 4 aromatic heterocycles. The van der Waals surface area contributed by atoms with Crippen LogP contribution in [0.4, 0.5) is 5.69 Å². The van der Waals surface area contributed by atoms with E-state index in [2.05, 4.69) is 39.6 Å². The van der Waals surface area contributed by atoms with Crippen molar-refractivity contribution in [3.05, 3.63) is 41.7 Å². The zero-order valence-corrected chi connectivity index (χ0v) is 17.8. The lowest BCUT2D eigenvalue weighted by Crippen LogP contribution is -2.07. The predicted molar refractivity (Wildman–Crippen MR) is 112 cm³/mol. The molecule has 0 saturated heterocycles. The molecule has 0 radical (unpaired) electrons. The van der Waals surface area contributed by atoms with Crippen LogP contribution in [0.3, 0.4) is 0 Å². The highest BCUT2D eigenvalue weighted by molar-refractivity contribution is 5.80. The number of ether oxygens (including phenoxy) is 1. The maximum atomic E-state index is 5.72. The van der Waals surface area contributed by atoms with Gasteiger partial charge in [-0.25, -0.2) is 14.5 Å². The minimum Gasteiger partial charge on any atom is -0.477 e. The molecule has 30 heavy (non-hydrogen) atoms. The summed E-state index contributed by atoms with van der Waals surface area (Å²) in [5, 5.41) is 20.5. The van der Waals surface area contributed by atoms with Gasteiger partial charge in [0.2, 0.25) is 5.88 Å². The first-order valence-corrected chi connectivity index (χ1v) is 9.93. The zero-order valence-electron chi connectivity index (χ0n) is 17.8. The van der Waals surface area contributed by atoms with Gasteiger partial charge in [-0.2, -0.15) is 9.90 Å². The number of hydrogen-bond acceptors (Lipinski definition) is 8. The van der Waals surface area contributed by atoms with Crippen molar-refractivity contribution in [2.45, 2.75) is 40.2 Å². The Morgan fingerprint density at radius 3 is 2.77 bits per heavy atom. The van der Waals surface area contributed by atoms with Crippen LogP contribution in [0.2, 0.25) is 0 Å². The Hall–Kier alpha value is -3.56. The second-order valence-corrected chi connectivity index (χ2v) is 7.24. The first kappa shape index (κ1) is 19.7. The molecule has 0 fully saturated rings. The molecule has 0 aromatic carbocycles. The number of aryl methyl sites for hydroxylation is 2. The Labute approximate surface area is 174 Å². The van der Waals surface area contributed by atoms with E-state index in [-0.39, 0.29) is 5.92 Å². The maximum absolute atomic E-state index is 5.72. The molecule has 1 N–H and O–H groups in total. The second-order valence-electron chi connectivity index (χ2n) is 7.24. The van der Waals surface area contributed by atoms with Gasteiger partial charge in [0.1, 0.15) is 11.3 Å². The molecule has 0 bridgehead atoms. The first-order valence-electron chi connectivity index (χ1n) is 9.93. The third-order valence-electron chi connectivity index (χ3n) is 4.65. The van der Waals surface area contributed by atoms with Gasteiger partial charge in [0.15, 0.2) is 5.82 Å². The lowest BCUT2D eigenvalue weighted by atomic mass is 10.1. The fourth-order valence-corrected chi connectivity index (χ4v) is 3.34. The van der Waals surface area contributed by atoms with E-state index in [1.165, 1.54) is 4.80 Å². The first-order chi connectivity index (χ1) is 14.5. The number of rotatable bonds is 7. The highest BCUT2D eigenvalue weighted by atomic mass is 16.5. The van der Waals surface area contributed by atoms with Crippen LogP contribution in [0.15, 0.2) is 24.4 Å². The van der Waals surface area contributed by atoms with Gasteiger partial charge in [-0.1, -0.05) is 13.8 Å². The van der Waals surface area contributed by atoms with E-state index in [4.69, 9.17) is 14.8 Å². The van der Waals surface area contributed by atoms with E-state index in [0.29, 0.717) is 24.9 Å². The standard InChI is InChI=1S/C20H25N9O/c1-6-30-20-14(8-7-9-21-20)15-10-16(22-11-17-24-27-28(5)26-17)19-18(12(2)3)23-13(4)29(19)25-15/h7-10,12,22H,6,11H2,1-5H3. The van der Waals surface area contributed by atoms with Crippen molar-refractivity contribution in [2.24, 2.45) is 7.05 Å². The third kappa shape index (κ3) is 3.68. The summed E-state index contributed by atoms with van der Waals surface area (Å²) in [6.45, 7) is 9.09. The number of anilines is 1. The molecule has 4 heterocycles. The van der Waals surface area contributed by atoms with Crippen LogP contribution in [-0.2, 0) is 13.6 Å². The van der Waals surface area contributed by atoms with Crippen molar-refractivity contribution in [2.75, 3.05) is 11.9 Å². The molecular weight excluding hydrogens is 382 g/mol. The molecule has 0 amide bonds. The molecule has 0 aliphatic heterocycles. The Kier molecular flexibility index (Phi) is 5.30. The number of hydrogen-bond donors (Lipinski definition) is 1. The molecule has 4 rings (SSSR count). The van der Waals surface area contributed by atoms with Crippen LogP contribution in [0.1, 0.15) is 44.0 Å². The van der Waals surface area contributed by atoms with Crippen LogP contribution >= 0.6 is 0 Å². The van der Waals surface area contributed by atoms with Crippen LogP contribution in [-0.4, -0.2) is 46.4 Å². The van der Waals surface area contributed by atoms with Crippen molar-refractivity contribution in [3.63, 3.8) is 0 Å². The average molecular weight is 407 g/mol. The van der Waals surface area contributed by atoms with Crippen molar-refractivity contribution in [3.8, 4) is 17.1 Å². The van der Waals surface area contributed by atoms with Crippen molar-refractivity contribution in [1.82, 2.24) is 39.8 Å². The van der Waals surface area contributed by atoms with E-state index >= 15 is 0 Å². The van der Waals surface area contributed by atoms with Gasteiger partial charge in [0, 0.05) is 6.20 Å². The summed E-state index contributed by atoms with van der Waals surface area (Å²) in [4.78, 5) is 10.6. The lowest BCUT2D eigenvalue weighted by Gasteiger charge is -2.13. The minimum atomic E-state index is 0.244. The van der Waals surface area contributed by atoms with Gasteiger partial charge in [0.25, 0.3) is 0 Å². The second kappa shape index (κ2) is 8.05. The maximum Gasteiger partial charge on any atom is 0.222 e. The van der Waals surface area contributed by atoms with Crippen LogP contribution in [0.5, 0.6) is 5.88 Å².